The summed E-state index contributed by atoms with van der Waals surface area (Å²) < 4.78 is 0. The van der Waals surface area contributed by atoms with Crippen molar-refractivity contribution in [2.75, 3.05) is 10.2 Å². The zero-order valence-electron chi connectivity index (χ0n) is 20.8. The smallest absolute Gasteiger partial charge is 0.250 e. The highest BCUT2D eigenvalue weighted by Gasteiger charge is 2.70. The van der Waals surface area contributed by atoms with Crippen LogP contribution in [0.15, 0.2) is 72.9 Å². The summed E-state index contributed by atoms with van der Waals surface area (Å²) in [6.07, 6.45) is 2.33. The molecule has 7 rings (SSSR count). The topological polar surface area (TPSA) is 111 Å². The lowest BCUT2D eigenvalue weighted by Crippen LogP contribution is -2.53. The number of fused-ring (bicyclic) bond motifs is 5. The molecule has 3 aliphatic rings. The van der Waals surface area contributed by atoms with Gasteiger partial charge in [-0.05, 0) is 55.3 Å². The second-order valence-electron chi connectivity index (χ2n) is 10.4. The van der Waals surface area contributed by atoms with Gasteiger partial charge >= 0.3 is 0 Å². The highest BCUT2D eigenvalue weighted by molar-refractivity contribution is 6.35. The molecule has 0 aliphatic carbocycles. The third-order valence-corrected chi connectivity index (χ3v) is 8.66. The highest BCUT2D eigenvalue weighted by atomic mass is 35.5. The van der Waals surface area contributed by atoms with Crippen LogP contribution in [0.5, 0.6) is 0 Å². The molecule has 3 aromatic carbocycles. The minimum Gasteiger partial charge on any atom is -0.361 e. The van der Waals surface area contributed by atoms with Gasteiger partial charge in [0.2, 0.25) is 17.7 Å². The largest absolute Gasteiger partial charge is 0.361 e. The van der Waals surface area contributed by atoms with E-state index in [1.165, 1.54) is 11.8 Å². The summed E-state index contributed by atoms with van der Waals surface area (Å²) in [4.78, 5) is 58.2. The first-order chi connectivity index (χ1) is 18.8. The predicted molar refractivity (Wildman–Crippen MR) is 147 cm³/mol. The van der Waals surface area contributed by atoms with Gasteiger partial charge in [-0.1, -0.05) is 41.9 Å². The number of carbonyl (C=O) groups excluding carboxylic acids is 4. The summed E-state index contributed by atoms with van der Waals surface area (Å²) >= 11 is 6.45. The van der Waals surface area contributed by atoms with Gasteiger partial charge < -0.3 is 10.3 Å². The maximum atomic E-state index is 14.2. The second-order valence-corrected chi connectivity index (χ2v) is 10.8. The number of amides is 3. The number of aromatic nitrogens is 1. The van der Waals surface area contributed by atoms with Crippen molar-refractivity contribution in [3.05, 3.63) is 94.6 Å². The minimum atomic E-state index is -1.46. The number of H-pyrrole nitrogens is 1. The van der Waals surface area contributed by atoms with Crippen LogP contribution in [0.3, 0.4) is 0 Å². The van der Waals surface area contributed by atoms with Crippen molar-refractivity contribution in [2.45, 2.75) is 24.9 Å². The quantitative estimate of drug-likeness (QED) is 0.266. The SMILES string of the molecule is CC(=O)c1ccc(N2C(=O)[C@@H]3C(Cc4c[nH]c5ccccc45)NC4(C(=O)Nc5c(Cl)cccc54)[C@@H]3C2=O)cc1. The molecule has 194 valence electrons. The Morgan fingerprint density at radius 3 is 2.51 bits per heavy atom. The van der Waals surface area contributed by atoms with Gasteiger partial charge in [0, 0.05) is 34.3 Å². The normalized spacial score (nSPS) is 25.4. The lowest BCUT2D eigenvalue weighted by atomic mass is 9.76. The number of aromatic amines is 1. The maximum absolute atomic E-state index is 14.2. The van der Waals surface area contributed by atoms with Crippen molar-refractivity contribution in [3.63, 3.8) is 0 Å². The molecule has 39 heavy (non-hydrogen) atoms. The van der Waals surface area contributed by atoms with Crippen LogP contribution in [0, 0.1) is 11.8 Å². The Morgan fingerprint density at radius 2 is 1.74 bits per heavy atom. The Bertz CT molecular complexity index is 1730. The number of anilines is 2. The van der Waals surface area contributed by atoms with Crippen LogP contribution in [0.1, 0.15) is 28.4 Å². The molecule has 4 atom stereocenters. The van der Waals surface area contributed by atoms with Gasteiger partial charge in [0.15, 0.2) is 5.78 Å². The van der Waals surface area contributed by atoms with Gasteiger partial charge in [0.1, 0.15) is 5.54 Å². The number of nitrogens with one attached hydrogen (secondary N) is 3. The van der Waals surface area contributed by atoms with E-state index in [1.54, 1.807) is 42.5 Å². The number of Topliss-reactive ketones (excluding diaryl/α,β-unsaturated/α-hetero) is 1. The molecule has 8 nitrogen and oxygen atoms in total. The summed E-state index contributed by atoms with van der Waals surface area (Å²) in [6.45, 7) is 1.46. The van der Waals surface area contributed by atoms with Gasteiger partial charge in [-0.3, -0.25) is 24.5 Å². The molecule has 0 bridgehead atoms. The molecule has 0 radical (unpaired) electrons. The molecule has 3 aliphatic heterocycles. The number of hydrogen-bond acceptors (Lipinski definition) is 5. The van der Waals surface area contributed by atoms with Crippen LogP contribution in [0.2, 0.25) is 5.02 Å². The van der Waals surface area contributed by atoms with Crippen molar-refractivity contribution in [1.29, 1.82) is 0 Å². The average molecular weight is 539 g/mol. The molecule has 2 saturated heterocycles. The van der Waals surface area contributed by atoms with Crippen molar-refractivity contribution < 1.29 is 19.2 Å². The second kappa shape index (κ2) is 8.36. The van der Waals surface area contributed by atoms with Gasteiger partial charge in [-0.25, -0.2) is 4.90 Å². The molecule has 2 fully saturated rings. The van der Waals surface area contributed by atoms with E-state index in [0.29, 0.717) is 33.9 Å². The number of imide groups is 1. The van der Waals surface area contributed by atoms with E-state index in [0.717, 1.165) is 16.5 Å². The lowest BCUT2D eigenvalue weighted by molar-refractivity contribution is -0.130. The van der Waals surface area contributed by atoms with E-state index in [2.05, 4.69) is 15.6 Å². The van der Waals surface area contributed by atoms with E-state index < -0.39 is 35.2 Å². The van der Waals surface area contributed by atoms with Crippen LogP contribution in [-0.2, 0) is 26.3 Å². The summed E-state index contributed by atoms with van der Waals surface area (Å²) in [7, 11) is 0. The number of hydrogen-bond donors (Lipinski definition) is 3. The fraction of sp³-hybridized carbons (Fsp3) is 0.200. The number of halogens is 1. The standard InChI is InChI=1S/C30H23ClN4O4/c1-15(36)16-9-11-18(12-10-16)35-27(37)24-23(13-17-14-32-22-8-3-2-5-19(17)22)34-30(25(24)28(35)38)20-6-4-7-21(31)26(20)33-29(30)39/h2-12,14,23-25,32,34H,13H2,1H3,(H,33,39)/t23?,24-,25+,30?/m1/s1. The maximum Gasteiger partial charge on any atom is 0.250 e. The summed E-state index contributed by atoms with van der Waals surface area (Å²) in [5, 5.41) is 7.72. The molecule has 2 unspecified atom stereocenters. The molecular formula is C30H23ClN4O4. The Labute approximate surface area is 228 Å². The summed E-state index contributed by atoms with van der Waals surface area (Å²) in [5.41, 5.74) is 2.35. The van der Waals surface area contributed by atoms with E-state index in [1.807, 2.05) is 30.5 Å². The van der Waals surface area contributed by atoms with Gasteiger partial charge in [0.05, 0.1) is 28.2 Å². The third-order valence-electron chi connectivity index (χ3n) is 8.35. The molecule has 1 aromatic heterocycles. The number of nitrogens with zero attached hydrogens (tertiary/aromatic N) is 1. The number of para-hydroxylation sites is 2. The van der Waals surface area contributed by atoms with E-state index >= 15 is 0 Å². The molecule has 0 saturated carbocycles. The molecule has 9 heteroatoms. The third kappa shape index (κ3) is 3.22. The fourth-order valence-electron chi connectivity index (χ4n) is 6.61. The Balaban J connectivity index is 1.37. The zero-order chi connectivity index (χ0) is 27.1. The van der Waals surface area contributed by atoms with Crippen LogP contribution < -0.4 is 15.5 Å². The van der Waals surface area contributed by atoms with Gasteiger partial charge in [0.25, 0.3) is 0 Å². The molecular weight excluding hydrogens is 516 g/mol. The van der Waals surface area contributed by atoms with Crippen molar-refractivity contribution >= 4 is 57.4 Å². The molecule has 3 N–H and O–H groups in total. The number of rotatable bonds is 4. The Kier molecular flexibility index (Phi) is 5.11. The van der Waals surface area contributed by atoms with Gasteiger partial charge in [-0.15, -0.1) is 0 Å². The van der Waals surface area contributed by atoms with Gasteiger partial charge in [-0.2, -0.15) is 0 Å². The van der Waals surface area contributed by atoms with Crippen LogP contribution >= 0.6 is 11.6 Å². The first-order valence-electron chi connectivity index (χ1n) is 12.7. The highest BCUT2D eigenvalue weighted by Crippen LogP contribution is 2.55. The van der Waals surface area contributed by atoms with E-state index in [4.69, 9.17) is 11.6 Å². The molecule has 1 spiro atoms. The van der Waals surface area contributed by atoms with Crippen molar-refractivity contribution in [3.8, 4) is 0 Å². The molecule has 3 amide bonds. The Morgan fingerprint density at radius 1 is 0.974 bits per heavy atom. The lowest BCUT2D eigenvalue weighted by Gasteiger charge is -2.29. The molecule has 4 aromatic rings. The van der Waals surface area contributed by atoms with Crippen LogP contribution in [-0.4, -0.2) is 34.5 Å². The van der Waals surface area contributed by atoms with Crippen molar-refractivity contribution in [1.82, 2.24) is 10.3 Å². The van der Waals surface area contributed by atoms with Crippen molar-refractivity contribution in [2.24, 2.45) is 11.8 Å². The summed E-state index contributed by atoms with van der Waals surface area (Å²) in [5.74, 6) is -3.13. The minimum absolute atomic E-state index is 0.115. The number of benzene rings is 3. The number of ketones is 1. The predicted octanol–water partition coefficient (Wildman–Crippen LogP) is 4.19. The first-order valence-corrected chi connectivity index (χ1v) is 13.1. The fourth-order valence-corrected chi connectivity index (χ4v) is 6.83. The first kappa shape index (κ1) is 23.8. The van der Waals surface area contributed by atoms with E-state index in [-0.39, 0.29) is 11.7 Å². The Hall–Kier alpha value is -4.27. The van der Waals surface area contributed by atoms with Crippen LogP contribution in [0.4, 0.5) is 11.4 Å². The summed E-state index contributed by atoms with van der Waals surface area (Å²) in [6, 6.07) is 19.0. The van der Waals surface area contributed by atoms with E-state index in [9.17, 15) is 19.2 Å². The average Bonchev–Trinajstić information content (AvgIpc) is 3.64. The number of carbonyl (C=O) groups is 4. The monoisotopic (exact) mass is 538 g/mol. The zero-order valence-corrected chi connectivity index (χ0v) is 21.6. The van der Waals surface area contributed by atoms with Crippen LogP contribution in [0.25, 0.3) is 10.9 Å². The molecule has 4 heterocycles.